The maximum absolute atomic E-state index is 12.9. The van der Waals surface area contributed by atoms with E-state index in [-0.39, 0.29) is 17.7 Å². The lowest BCUT2D eigenvalue weighted by molar-refractivity contribution is -0.140. The van der Waals surface area contributed by atoms with Crippen molar-refractivity contribution in [1.82, 2.24) is 9.80 Å². The quantitative estimate of drug-likeness (QED) is 0.760. The van der Waals surface area contributed by atoms with E-state index in [1.807, 2.05) is 40.6 Å². The van der Waals surface area contributed by atoms with Crippen molar-refractivity contribution in [2.45, 2.75) is 26.3 Å². The first kappa shape index (κ1) is 17.7. The maximum atomic E-state index is 12.9. The summed E-state index contributed by atoms with van der Waals surface area (Å²) in [4.78, 5) is 29.7. The minimum absolute atomic E-state index is 0.0437. The van der Waals surface area contributed by atoms with Crippen molar-refractivity contribution in [3.63, 3.8) is 0 Å². The van der Waals surface area contributed by atoms with Crippen LogP contribution in [-0.2, 0) is 11.3 Å². The summed E-state index contributed by atoms with van der Waals surface area (Å²) in [5.41, 5.74) is 1.15. The number of hydrogen-bond acceptors (Lipinski definition) is 3. The molecule has 1 fully saturated rings. The number of likely N-dealkylation sites (tertiary alicyclic amines) is 1. The van der Waals surface area contributed by atoms with Crippen molar-refractivity contribution in [2.24, 2.45) is 5.92 Å². The third-order valence-electron chi connectivity index (χ3n) is 4.56. The molecular weight excluding hydrogens is 332 g/mol. The summed E-state index contributed by atoms with van der Waals surface area (Å²) in [5, 5.41) is 1.90. The van der Waals surface area contributed by atoms with Gasteiger partial charge in [-0.2, -0.15) is 0 Å². The number of rotatable bonds is 7. The van der Waals surface area contributed by atoms with Crippen LogP contribution in [0, 0.1) is 5.92 Å². The van der Waals surface area contributed by atoms with E-state index in [9.17, 15) is 9.59 Å². The number of amides is 2. The number of thiophene rings is 1. The lowest BCUT2D eigenvalue weighted by Gasteiger charge is -2.40. The van der Waals surface area contributed by atoms with Gasteiger partial charge in [0.1, 0.15) is 0 Å². The van der Waals surface area contributed by atoms with Gasteiger partial charge in [0, 0.05) is 26.2 Å². The van der Waals surface area contributed by atoms with Crippen molar-refractivity contribution >= 4 is 23.2 Å². The van der Waals surface area contributed by atoms with Crippen LogP contribution in [0.15, 0.2) is 47.8 Å². The zero-order valence-corrected chi connectivity index (χ0v) is 15.4. The molecule has 25 heavy (non-hydrogen) atoms. The zero-order chi connectivity index (χ0) is 17.6. The molecule has 1 aromatic carbocycles. The monoisotopic (exact) mass is 356 g/mol. The third kappa shape index (κ3) is 4.28. The summed E-state index contributed by atoms with van der Waals surface area (Å²) in [7, 11) is 0. The van der Waals surface area contributed by atoms with E-state index in [4.69, 9.17) is 0 Å². The average molecular weight is 356 g/mol. The molecule has 4 nitrogen and oxygen atoms in total. The number of carbonyl (C=O) groups is 2. The molecule has 1 aromatic heterocycles. The molecule has 2 amide bonds. The summed E-state index contributed by atoms with van der Waals surface area (Å²) < 4.78 is 0. The van der Waals surface area contributed by atoms with Crippen molar-refractivity contribution < 1.29 is 9.59 Å². The van der Waals surface area contributed by atoms with Crippen LogP contribution in [0.2, 0.25) is 0 Å². The molecule has 132 valence electrons. The molecule has 0 N–H and O–H groups in total. The van der Waals surface area contributed by atoms with E-state index < -0.39 is 0 Å². The normalized spacial score (nSPS) is 14.2. The van der Waals surface area contributed by atoms with Crippen LogP contribution in [-0.4, -0.2) is 41.2 Å². The zero-order valence-electron chi connectivity index (χ0n) is 14.6. The first-order valence-corrected chi connectivity index (χ1v) is 9.72. The molecule has 0 atom stereocenters. The molecule has 1 aliphatic heterocycles. The summed E-state index contributed by atoms with van der Waals surface area (Å²) >= 11 is 1.45. The summed E-state index contributed by atoms with van der Waals surface area (Å²) in [6, 6.07) is 13.8. The molecule has 0 spiro atoms. The molecule has 0 aliphatic carbocycles. The van der Waals surface area contributed by atoms with E-state index in [0.717, 1.165) is 29.8 Å². The molecule has 1 saturated heterocycles. The van der Waals surface area contributed by atoms with Gasteiger partial charge in [-0.1, -0.05) is 49.7 Å². The highest BCUT2D eigenvalue weighted by Gasteiger charge is 2.38. The van der Waals surface area contributed by atoms with Crippen LogP contribution in [0.4, 0.5) is 0 Å². The van der Waals surface area contributed by atoms with Crippen molar-refractivity contribution in [3.05, 3.63) is 58.3 Å². The van der Waals surface area contributed by atoms with Gasteiger partial charge < -0.3 is 9.80 Å². The van der Waals surface area contributed by atoms with Gasteiger partial charge in [0.15, 0.2) is 0 Å². The first-order valence-electron chi connectivity index (χ1n) is 8.84. The Labute approximate surface area is 153 Å². The molecule has 0 bridgehead atoms. The standard InChI is InChI=1S/C20H24N2O2S/c1-2-3-11-21(13-16-8-5-4-6-9-16)19(23)17-14-22(15-17)20(24)18-10-7-12-25-18/h4-10,12,17H,2-3,11,13-15H2,1H3. The predicted octanol–water partition coefficient (Wildman–Crippen LogP) is 3.65. The third-order valence-corrected chi connectivity index (χ3v) is 5.42. The summed E-state index contributed by atoms with van der Waals surface area (Å²) in [6.07, 6.45) is 2.06. The molecule has 2 aromatic rings. The molecule has 0 radical (unpaired) electrons. The smallest absolute Gasteiger partial charge is 0.263 e. The van der Waals surface area contributed by atoms with Crippen LogP contribution in [0.25, 0.3) is 0 Å². The Morgan fingerprint density at radius 1 is 1.16 bits per heavy atom. The van der Waals surface area contributed by atoms with Gasteiger partial charge in [-0.25, -0.2) is 0 Å². The highest BCUT2D eigenvalue weighted by atomic mass is 32.1. The van der Waals surface area contributed by atoms with E-state index >= 15 is 0 Å². The Hall–Kier alpha value is -2.14. The topological polar surface area (TPSA) is 40.6 Å². The predicted molar refractivity (Wildman–Crippen MR) is 100 cm³/mol. The van der Waals surface area contributed by atoms with Gasteiger partial charge in [0.2, 0.25) is 5.91 Å². The molecule has 3 rings (SSSR count). The number of unbranched alkanes of at least 4 members (excludes halogenated alkanes) is 1. The van der Waals surface area contributed by atoms with E-state index in [2.05, 4.69) is 19.1 Å². The van der Waals surface area contributed by atoms with E-state index in [1.165, 1.54) is 11.3 Å². The van der Waals surface area contributed by atoms with Crippen LogP contribution >= 0.6 is 11.3 Å². The summed E-state index contributed by atoms with van der Waals surface area (Å²) in [5.74, 6) is 0.152. The Bertz CT molecular complexity index is 694. The molecular formula is C20H24N2O2S. The van der Waals surface area contributed by atoms with Gasteiger partial charge in [0.25, 0.3) is 5.91 Å². The van der Waals surface area contributed by atoms with Crippen molar-refractivity contribution in [3.8, 4) is 0 Å². The van der Waals surface area contributed by atoms with Crippen molar-refractivity contribution in [2.75, 3.05) is 19.6 Å². The maximum Gasteiger partial charge on any atom is 0.263 e. The van der Waals surface area contributed by atoms with Gasteiger partial charge >= 0.3 is 0 Å². The van der Waals surface area contributed by atoms with Crippen LogP contribution in [0.5, 0.6) is 0 Å². The SMILES string of the molecule is CCCCN(Cc1ccccc1)C(=O)C1CN(C(=O)c2cccs2)C1. The molecule has 1 aliphatic rings. The number of benzene rings is 1. The highest BCUT2D eigenvalue weighted by Crippen LogP contribution is 2.23. The Morgan fingerprint density at radius 3 is 2.56 bits per heavy atom. The lowest BCUT2D eigenvalue weighted by Crippen LogP contribution is -2.56. The fourth-order valence-electron chi connectivity index (χ4n) is 3.03. The lowest BCUT2D eigenvalue weighted by atomic mass is 9.97. The minimum Gasteiger partial charge on any atom is -0.338 e. The second-order valence-electron chi connectivity index (χ2n) is 6.48. The molecule has 5 heteroatoms. The van der Waals surface area contributed by atoms with E-state index in [1.54, 1.807) is 4.90 Å². The average Bonchev–Trinajstić information content (AvgIpc) is 3.12. The first-order chi connectivity index (χ1) is 12.2. The largest absolute Gasteiger partial charge is 0.338 e. The van der Waals surface area contributed by atoms with Crippen LogP contribution in [0.3, 0.4) is 0 Å². The van der Waals surface area contributed by atoms with Crippen LogP contribution < -0.4 is 0 Å². The van der Waals surface area contributed by atoms with Gasteiger partial charge in [-0.15, -0.1) is 11.3 Å². The van der Waals surface area contributed by atoms with Crippen molar-refractivity contribution in [1.29, 1.82) is 0 Å². The Balaban J connectivity index is 1.58. The minimum atomic E-state index is -0.0653. The Morgan fingerprint density at radius 2 is 1.92 bits per heavy atom. The Kier molecular flexibility index (Phi) is 5.87. The van der Waals surface area contributed by atoms with E-state index in [0.29, 0.717) is 19.6 Å². The summed E-state index contributed by atoms with van der Waals surface area (Å²) in [6.45, 7) is 4.63. The number of hydrogen-bond donors (Lipinski definition) is 0. The molecule has 0 unspecified atom stereocenters. The highest BCUT2D eigenvalue weighted by molar-refractivity contribution is 7.12. The fraction of sp³-hybridized carbons (Fsp3) is 0.400. The molecule has 0 saturated carbocycles. The fourth-order valence-corrected chi connectivity index (χ4v) is 3.73. The number of carbonyl (C=O) groups excluding carboxylic acids is 2. The second-order valence-corrected chi connectivity index (χ2v) is 7.43. The number of nitrogens with zero attached hydrogens (tertiary/aromatic N) is 2. The van der Waals surface area contributed by atoms with Gasteiger partial charge in [-0.3, -0.25) is 9.59 Å². The van der Waals surface area contributed by atoms with Gasteiger partial charge in [0.05, 0.1) is 10.8 Å². The van der Waals surface area contributed by atoms with Crippen LogP contribution in [0.1, 0.15) is 35.0 Å². The van der Waals surface area contributed by atoms with Gasteiger partial charge in [-0.05, 0) is 23.4 Å². The second kappa shape index (κ2) is 8.30. The molecule has 2 heterocycles.